The number of hydrogen-bond donors (Lipinski definition) is 5. The zero-order chi connectivity index (χ0) is 22.9. The van der Waals surface area contributed by atoms with Gasteiger partial charge in [0.2, 0.25) is 5.91 Å². The molecule has 0 aromatic heterocycles. The van der Waals surface area contributed by atoms with E-state index in [0.29, 0.717) is 24.9 Å². The van der Waals surface area contributed by atoms with E-state index < -0.39 is 29.6 Å². The summed E-state index contributed by atoms with van der Waals surface area (Å²) in [6.07, 6.45) is 0.607. The maximum atomic E-state index is 12.2. The Morgan fingerprint density at radius 3 is 2.47 bits per heavy atom. The number of phenolic OH excluding ortho intramolecular Hbond substituents is 1. The van der Waals surface area contributed by atoms with Gasteiger partial charge in [0.1, 0.15) is 11.4 Å². The van der Waals surface area contributed by atoms with Crippen LogP contribution in [-0.2, 0) is 20.7 Å². The van der Waals surface area contributed by atoms with E-state index in [2.05, 4.69) is 10.6 Å². The van der Waals surface area contributed by atoms with Gasteiger partial charge in [-0.2, -0.15) is 0 Å². The van der Waals surface area contributed by atoms with Crippen molar-refractivity contribution in [2.24, 2.45) is 11.7 Å². The van der Waals surface area contributed by atoms with Gasteiger partial charge in [-0.3, -0.25) is 9.59 Å². The molecule has 1 rings (SSSR count). The van der Waals surface area contributed by atoms with Crippen LogP contribution >= 0.6 is 0 Å². The van der Waals surface area contributed by atoms with Crippen molar-refractivity contribution in [2.75, 3.05) is 11.9 Å². The molecule has 0 saturated heterocycles. The Balaban J connectivity index is 2.95. The Kier molecular flexibility index (Phi) is 9.58. The third kappa shape index (κ3) is 9.60. The third-order valence-corrected chi connectivity index (χ3v) is 4.21. The van der Waals surface area contributed by atoms with Gasteiger partial charge < -0.3 is 31.3 Å². The van der Waals surface area contributed by atoms with Crippen LogP contribution < -0.4 is 16.4 Å². The first-order chi connectivity index (χ1) is 13.9. The zero-order valence-corrected chi connectivity index (χ0v) is 18.0. The van der Waals surface area contributed by atoms with Crippen LogP contribution in [0.3, 0.4) is 0 Å². The highest BCUT2D eigenvalue weighted by atomic mass is 16.6. The third-order valence-electron chi connectivity index (χ3n) is 4.21. The first kappa shape index (κ1) is 25.2. The molecule has 2 amide bonds. The summed E-state index contributed by atoms with van der Waals surface area (Å²) in [6, 6.07) is 4.18. The standard InChI is InChI=1S/C21H33N3O6/c1-13(19(27)28)10-15(23-20(29)30-21(2,3)4)11-14-7-8-17(25)16(12-14)24-18(26)6-5-9-22/h7-8,12-13,15,25H,5-6,9-11,22H2,1-4H3,(H,23,29)(H,24,26)(H,27,28). The lowest BCUT2D eigenvalue weighted by Crippen LogP contribution is -2.41. The lowest BCUT2D eigenvalue weighted by molar-refractivity contribution is -0.141. The molecule has 0 heterocycles. The van der Waals surface area contributed by atoms with Crippen molar-refractivity contribution >= 4 is 23.7 Å². The second-order valence-electron chi connectivity index (χ2n) is 8.31. The average Bonchev–Trinajstić information content (AvgIpc) is 2.60. The van der Waals surface area contributed by atoms with Gasteiger partial charge in [0.25, 0.3) is 0 Å². The number of carboxylic acids is 1. The van der Waals surface area contributed by atoms with Crippen LogP contribution in [0, 0.1) is 5.92 Å². The van der Waals surface area contributed by atoms with Gasteiger partial charge in [0, 0.05) is 12.5 Å². The molecular weight excluding hydrogens is 390 g/mol. The van der Waals surface area contributed by atoms with E-state index in [9.17, 15) is 24.6 Å². The highest BCUT2D eigenvalue weighted by molar-refractivity contribution is 5.92. The van der Waals surface area contributed by atoms with Crippen LogP contribution in [0.25, 0.3) is 0 Å². The van der Waals surface area contributed by atoms with Crippen molar-refractivity contribution in [2.45, 2.75) is 65.0 Å². The Bertz CT molecular complexity index is 745. The molecule has 6 N–H and O–H groups in total. The normalized spacial score (nSPS) is 13.2. The number of nitrogens with one attached hydrogen (secondary N) is 2. The van der Waals surface area contributed by atoms with Crippen LogP contribution in [0.2, 0.25) is 0 Å². The number of carboxylic acid groups (broad SMARTS) is 1. The summed E-state index contributed by atoms with van der Waals surface area (Å²) in [5.74, 6) is -2.01. The molecule has 0 aliphatic carbocycles. The average molecular weight is 424 g/mol. The molecule has 0 spiro atoms. The molecule has 2 atom stereocenters. The van der Waals surface area contributed by atoms with E-state index >= 15 is 0 Å². The fourth-order valence-corrected chi connectivity index (χ4v) is 2.77. The van der Waals surface area contributed by atoms with Crippen molar-refractivity contribution in [1.82, 2.24) is 5.32 Å². The smallest absolute Gasteiger partial charge is 0.407 e. The number of aliphatic carboxylic acids is 1. The Morgan fingerprint density at radius 2 is 1.90 bits per heavy atom. The van der Waals surface area contributed by atoms with Crippen LogP contribution in [0.15, 0.2) is 18.2 Å². The number of hydrogen-bond acceptors (Lipinski definition) is 6. The number of benzene rings is 1. The van der Waals surface area contributed by atoms with Gasteiger partial charge in [-0.25, -0.2) is 4.79 Å². The van der Waals surface area contributed by atoms with Crippen molar-refractivity contribution in [3.05, 3.63) is 23.8 Å². The Hall–Kier alpha value is -2.81. The van der Waals surface area contributed by atoms with Gasteiger partial charge in [-0.1, -0.05) is 13.0 Å². The molecule has 1 aromatic rings. The number of rotatable bonds is 10. The molecule has 2 unspecified atom stereocenters. The minimum atomic E-state index is -0.968. The summed E-state index contributed by atoms with van der Waals surface area (Å²) in [4.78, 5) is 35.4. The summed E-state index contributed by atoms with van der Waals surface area (Å²) < 4.78 is 5.28. The quantitative estimate of drug-likeness (QED) is 0.363. The number of alkyl carbamates (subject to hydrolysis) is 1. The van der Waals surface area contributed by atoms with Gasteiger partial charge in [0.05, 0.1) is 11.6 Å². The molecule has 9 heteroatoms. The van der Waals surface area contributed by atoms with Gasteiger partial charge >= 0.3 is 12.1 Å². The van der Waals surface area contributed by atoms with E-state index in [1.54, 1.807) is 39.8 Å². The SMILES string of the molecule is CC(CC(Cc1ccc(O)c(NC(=O)CCCN)c1)NC(=O)OC(C)(C)C)C(=O)O. The van der Waals surface area contributed by atoms with Crippen molar-refractivity contribution < 1.29 is 29.3 Å². The molecular formula is C21H33N3O6. The van der Waals surface area contributed by atoms with E-state index in [4.69, 9.17) is 10.5 Å². The lowest BCUT2D eigenvalue weighted by atomic mass is 9.96. The van der Waals surface area contributed by atoms with Crippen LogP contribution in [0.5, 0.6) is 5.75 Å². The van der Waals surface area contributed by atoms with Crippen molar-refractivity contribution in [3.8, 4) is 5.75 Å². The number of carbonyl (C=O) groups is 3. The summed E-state index contributed by atoms with van der Waals surface area (Å²) >= 11 is 0. The summed E-state index contributed by atoms with van der Waals surface area (Å²) in [5, 5.41) is 24.6. The monoisotopic (exact) mass is 423 g/mol. The summed E-state index contributed by atoms with van der Waals surface area (Å²) in [6.45, 7) is 7.16. The predicted molar refractivity (Wildman–Crippen MR) is 113 cm³/mol. The fourth-order valence-electron chi connectivity index (χ4n) is 2.77. The molecule has 0 bridgehead atoms. The zero-order valence-electron chi connectivity index (χ0n) is 18.0. The molecule has 0 aliphatic rings. The largest absolute Gasteiger partial charge is 0.506 e. The fraction of sp³-hybridized carbons (Fsp3) is 0.571. The van der Waals surface area contributed by atoms with E-state index in [-0.39, 0.29) is 30.2 Å². The summed E-state index contributed by atoms with van der Waals surface area (Å²) in [7, 11) is 0. The van der Waals surface area contributed by atoms with E-state index in [0.717, 1.165) is 0 Å². The summed E-state index contributed by atoms with van der Waals surface area (Å²) in [5.41, 5.74) is 5.67. The van der Waals surface area contributed by atoms with Crippen LogP contribution in [-0.4, -0.2) is 46.4 Å². The van der Waals surface area contributed by atoms with Gasteiger partial charge in [-0.15, -0.1) is 0 Å². The number of nitrogens with two attached hydrogens (primary N) is 1. The highest BCUT2D eigenvalue weighted by Crippen LogP contribution is 2.26. The maximum absolute atomic E-state index is 12.2. The van der Waals surface area contributed by atoms with Gasteiger partial charge in [0.15, 0.2) is 0 Å². The highest BCUT2D eigenvalue weighted by Gasteiger charge is 2.24. The maximum Gasteiger partial charge on any atom is 0.407 e. The second kappa shape index (κ2) is 11.4. The number of amides is 2. The molecule has 1 aromatic carbocycles. The Labute approximate surface area is 177 Å². The van der Waals surface area contributed by atoms with Crippen LogP contribution in [0.4, 0.5) is 10.5 Å². The number of phenols is 1. The molecule has 168 valence electrons. The van der Waals surface area contributed by atoms with E-state index in [1.165, 1.54) is 6.07 Å². The lowest BCUT2D eigenvalue weighted by Gasteiger charge is -2.25. The molecule has 30 heavy (non-hydrogen) atoms. The first-order valence-corrected chi connectivity index (χ1v) is 9.95. The molecule has 0 aliphatic heterocycles. The van der Waals surface area contributed by atoms with Crippen molar-refractivity contribution in [3.63, 3.8) is 0 Å². The van der Waals surface area contributed by atoms with Crippen molar-refractivity contribution in [1.29, 1.82) is 0 Å². The number of aromatic hydroxyl groups is 1. The minimum Gasteiger partial charge on any atom is -0.506 e. The molecule has 0 saturated carbocycles. The number of anilines is 1. The van der Waals surface area contributed by atoms with E-state index in [1.807, 2.05) is 0 Å². The van der Waals surface area contributed by atoms with Gasteiger partial charge in [-0.05, 0) is 64.3 Å². The van der Waals surface area contributed by atoms with Crippen LogP contribution in [0.1, 0.15) is 52.5 Å². The topological polar surface area (TPSA) is 151 Å². The number of carbonyl (C=O) groups excluding carboxylic acids is 2. The number of ether oxygens (including phenoxy) is 1. The molecule has 9 nitrogen and oxygen atoms in total. The predicted octanol–water partition coefficient (Wildman–Crippen LogP) is 2.62. The second-order valence-corrected chi connectivity index (χ2v) is 8.31. The minimum absolute atomic E-state index is 0.0876. The molecule has 0 fully saturated rings. The first-order valence-electron chi connectivity index (χ1n) is 9.95. The Morgan fingerprint density at radius 1 is 1.23 bits per heavy atom. The molecule has 0 radical (unpaired) electrons.